The van der Waals surface area contributed by atoms with E-state index in [1.54, 1.807) is 36.0 Å². The SMILES string of the molecule is CSCC[C@@H](NC(=O)c1cccc(C)c1)C(=O)OCC(=O)c1ccc(C)s1. The number of thiophene rings is 1. The molecule has 1 N–H and O–H groups in total. The third kappa shape index (κ3) is 6.52. The lowest BCUT2D eigenvalue weighted by Crippen LogP contribution is -2.42. The number of ether oxygens (including phenoxy) is 1. The van der Waals surface area contributed by atoms with Gasteiger partial charge in [0.15, 0.2) is 6.61 Å². The summed E-state index contributed by atoms with van der Waals surface area (Å²) in [6.07, 6.45) is 2.36. The van der Waals surface area contributed by atoms with Gasteiger partial charge in [-0.25, -0.2) is 4.79 Å². The largest absolute Gasteiger partial charge is 0.456 e. The van der Waals surface area contributed by atoms with Crippen molar-refractivity contribution in [3.8, 4) is 0 Å². The van der Waals surface area contributed by atoms with Crippen molar-refractivity contribution in [3.63, 3.8) is 0 Å². The van der Waals surface area contributed by atoms with Gasteiger partial charge in [-0.05, 0) is 56.5 Å². The highest BCUT2D eigenvalue weighted by molar-refractivity contribution is 7.98. The normalized spacial score (nSPS) is 11.7. The number of thioether (sulfide) groups is 1. The highest BCUT2D eigenvalue weighted by Crippen LogP contribution is 2.16. The molecule has 2 aromatic rings. The summed E-state index contributed by atoms with van der Waals surface area (Å²) in [7, 11) is 0. The third-order valence-corrected chi connectivity index (χ3v) is 5.53. The van der Waals surface area contributed by atoms with E-state index in [9.17, 15) is 14.4 Å². The maximum absolute atomic E-state index is 12.4. The Labute approximate surface area is 167 Å². The van der Waals surface area contributed by atoms with Crippen LogP contribution in [0, 0.1) is 13.8 Å². The Hall–Kier alpha value is -2.12. The predicted octanol–water partition coefficient (Wildman–Crippen LogP) is 3.64. The number of hydrogen-bond donors (Lipinski definition) is 1. The van der Waals surface area contributed by atoms with Crippen LogP contribution in [0.25, 0.3) is 0 Å². The minimum atomic E-state index is -0.789. The fourth-order valence-corrected chi connectivity index (χ4v) is 3.67. The second-order valence-corrected chi connectivity index (χ2v) is 8.39. The first-order chi connectivity index (χ1) is 12.9. The monoisotopic (exact) mass is 405 g/mol. The second kappa shape index (κ2) is 10.3. The summed E-state index contributed by atoms with van der Waals surface area (Å²) in [4.78, 5) is 38.6. The van der Waals surface area contributed by atoms with Crippen LogP contribution in [0.3, 0.4) is 0 Å². The smallest absolute Gasteiger partial charge is 0.329 e. The van der Waals surface area contributed by atoms with Gasteiger partial charge in [0, 0.05) is 10.4 Å². The Morgan fingerprint density at radius 2 is 1.96 bits per heavy atom. The lowest BCUT2D eigenvalue weighted by molar-refractivity contribution is -0.144. The lowest BCUT2D eigenvalue weighted by Gasteiger charge is -2.17. The van der Waals surface area contributed by atoms with Crippen molar-refractivity contribution in [2.75, 3.05) is 18.6 Å². The van der Waals surface area contributed by atoms with Crippen LogP contribution in [0.1, 0.15) is 36.9 Å². The maximum atomic E-state index is 12.4. The molecule has 0 aliphatic heterocycles. The average Bonchev–Trinajstić information content (AvgIpc) is 3.09. The van der Waals surface area contributed by atoms with E-state index in [1.165, 1.54) is 11.3 Å². The zero-order valence-electron chi connectivity index (χ0n) is 15.6. The Kier molecular flexibility index (Phi) is 8.06. The highest BCUT2D eigenvalue weighted by Gasteiger charge is 2.24. The van der Waals surface area contributed by atoms with Crippen LogP contribution in [0.15, 0.2) is 36.4 Å². The molecule has 0 aliphatic carbocycles. The zero-order chi connectivity index (χ0) is 19.8. The number of aryl methyl sites for hydroxylation is 2. The quantitative estimate of drug-likeness (QED) is 0.509. The van der Waals surface area contributed by atoms with E-state index in [4.69, 9.17) is 4.74 Å². The van der Waals surface area contributed by atoms with Crippen molar-refractivity contribution in [1.82, 2.24) is 5.32 Å². The van der Waals surface area contributed by atoms with E-state index < -0.39 is 12.0 Å². The molecule has 1 atom stereocenters. The average molecular weight is 406 g/mol. The maximum Gasteiger partial charge on any atom is 0.329 e. The molecular formula is C20H23NO4S2. The molecule has 1 aromatic carbocycles. The Morgan fingerprint density at radius 3 is 2.59 bits per heavy atom. The van der Waals surface area contributed by atoms with Crippen LogP contribution >= 0.6 is 23.1 Å². The summed E-state index contributed by atoms with van der Waals surface area (Å²) >= 11 is 2.94. The number of rotatable bonds is 9. The number of carbonyl (C=O) groups is 3. The molecule has 7 heteroatoms. The molecule has 144 valence electrons. The summed E-state index contributed by atoms with van der Waals surface area (Å²) in [6.45, 7) is 3.48. The van der Waals surface area contributed by atoms with Crippen LogP contribution in [-0.2, 0) is 9.53 Å². The Balaban J connectivity index is 1.98. The molecule has 0 spiro atoms. The standard InChI is InChI=1S/C20H23NO4S2/c1-13-5-4-6-15(11-13)19(23)21-16(9-10-26-3)20(24)25-12-17(22)18-8-7-14(2)27-18/h4-8,11,16H,9-10,12H2,1-3H3,(H,21,23)/t16-/m1/s1. The molecule has 2 rings (SSSR count). The van der Waals surface area contributed by atoms with Crippen molar-refractivity contribution in [2.45, 2.75) is 26.3 Å². The number of benzene rings is 1. The van der Waals surface area contributed by atoms with Gasteiger partial charge in [0.25, 0.3) is 5.91 Å². The highest BCUT2D eigenvalue weighted by atomic mass is 32.2. The lowest BCUT2D eigenvalue weighted by atomic mass is 10.1. The van der Waals surface area contributed by atoms with Gasteiger partial charge in [0.05, 0.1) is 4.88 Å². The number of hydrogen-bond acceptors (Lipinski definition) is 6. The van der Waals surface area contributed by atoms with Gasteiger partial charge in [-0.2, -0.15) is 11.8 Å². The predicted molar refractivity (Wildman–Crippen MR) is 110 cm³/mol. The van der Waals surface area contributed by atoms with Crippen LogP contribution < -0.4 is 5.32 Å². The van der Waals surface area contributed by atoms with Gasteiger partial charge in [-0.15, -0.1) is 11.3 Å². The number of ketones is 1. The summed E-state index contributed by atoms with van der Waals surface area (Å²) in [5, 5.41) is 2.73. The molecule has 0 unspecified atom stereocenters. The van der Waals surface area contributed by atoms with Crippen molar-refractivity contribution in [3.05, 3.63) is 57.3 Å². The topological polar surface area (TPSA) is 72.5 Å². The number of Topliss-reactive ketones (excluding diaryl/α,β-unsaturated/α-hetero) is 1. The third-order valence-electron chi connectivity index (χ3n) is 3.84. The molecule has 0 bridgehead atoms. The van der Waals surface area contributed by atoms with Crippen molar-refractivity contribution < 1.29 is 19.1 Å². The van der Waals surface area contributed by atoms with Gasteiger partial charge < -0.3 is 10.1 Å². The molecule has 0 saturated heterocycles. The van der Waals surface area contributed by atoms with Gasteiger partial charge in [-0.3, -0.25) is 9.59 Å². The first-order valence-electron chi connectivity index (χ1n) is 8.53. The minimum Gasteiger partial charge on any atom is -0.456 e. The van der Waals surface area contributed by atoms with E-state index in [-0.39, 0.29) is 18.3 Å². The first kappa shape index (κ1) is 21.2. The van der Waals surface area contributed by atoms with E-state index in [0.29, 0.717) is 22.6 Å². The molecule has 1 amide bonds. The van der Waals surface area contributed by atoms with Crippen LogP contribution in [0.5, 0.6) is 0 Å². The molecule has 0 aliphatic rings. The number of esters is 1. The molecule has 0 radical (unpaired) electrons. The summed E-state index contributed by atoms with van der Waals surface area (Å²) in [5.74, 6) is -0.477. The van der Waals surface area contributed by atoms with Gasteiger partial charge in [-0.1, -0.05) is 17.7 Å². The van der Waals surface area contributed by atoms with Crippen molar-refractivity contribution in [1.29, 1.82) is 0 Å². The molecule has 27 heavy (non-hydrogen) atoms. The van der Waals surface area contributed by atoms with E-state index >= 15 is 0 Å². The summed E-state index contributed by atoms with van der Waals surface area (Å²) in [5.41, 5.74) is 1.45. The molecule has 1 aromatic heterocycles. The molecule has 0 saturated carbocycles. The van der Waals surface area contributed by atoms with Crippen LogP contribution in [-0.4, -0.2) is 42.3 Å². The van der Waals surface area contributed by atoms with Gasteiger partial charge in [0.1, 0.15) is 6.04 Å². The van der Waals surface area contributed by atoms with Crippen molar-refractivity contribution in [2.24, 2.45) is 0 Å². The fourth-order valence-electron chi connectivity index (χ4n) is 2.41. The molecule has 0 fully saturated rings. The van der Waals surface area contributed by atoms with Gasteiger partial charge >= 0.3 is 5.97 Å². The van der Waals surface area contributed by atoms with Gasteiger partial charge in [0.2, 0.25) is 5.78 Å². The zero-order valence-corrected chi connectivity index (χ0v) is 17.2. The summed E-state index contributed by atoms with van der Waals surface area (Å²) < 4.78 is 5.18. The number of carbonyl (C=O) groups excluding carboxylic acids is 3. The van der Waals surface area contributed by atoms with Crippen LogP contribution in [0.4, 0.5) is 0 Å². The molecule has 5 nitrogen and oxygen atoms in total. The Bertz CT molecular complexity index is 816. The van der Waals surface area contributed by atoms with E-state index in [1.807, 2.05) is 32.2 Å². The fraction of sp³-hybridized carbons (Fsp3) is 0.350. The number of nitrogens with one attached hydrogen (secondary N) is 1. The van der Waals surface area contributed by atoms with Crippen molar-refractivity contribution >= 4 is 40.8 Å². The Morgan fingerprint density at radius 1 is 1.19 bits per heavy atom. The van der Waals surface area contributed by atoms with Crippen LogP contribution in [0.2, 0.25) is 0 Å². The minimum absolute atomic E-state index is 0.241. The molecule has 1 heterocycles. The summed E-state index contributed by atoms with van der Waals surface area (Å²) in [6, 6.07) is 9.93. The van der Waals surface area contributed by atoms with E-state index in [0.717, 1.165) is 10.4 Å². The first-order valence-corrected chi connectivity index (χ1v) is 10.7. The van der Waals surface area contributed by atoms with E-state index in [2.05, 4.69) is 5.32 Å². The number of amides is 1. The molecular weight excluding hydrogens is 382 g/mol. The second-order valence-electron chi connectivity index (χ2n) is 6.12.